The van der Waals surface area contributed by atoms with Crippen LogP contribution in [0.4, 0.5) is 13.2 Å². The zero-order chi connectivity index (χ0) is 19.2. The molecule has 0 N–H and O–H groups in total. The van der Waals surface area contributed by atoms with Crippen molar-refractivity contribution in [3.05, 3.63) is 47.8 Å². The van der Waals surface area contributed by atoms with Gasteiger partial charge in [-0.25, -0.2) is 4.68 Å². The molecule has 0 saturated carbocycles. The van der Waals surface area contributed by atoms with E-state index in [0.717, 1.165) is 4.90 Å². The highest BCUT2D eigenvalue weighted by molar-refractivity contribution is 5.93. The number of aromatic nitrogens is 3. The average molecular weight is 366 g/mol. The molecule has 1 amide bonds. The van der Waals surface area contributed by atoms with E-state index in [4.69, 9.17) is 0 Å². The summed E-state index contributed by atoms with van der Waals surface area (Å²) in [6, 6.07) is 7.61. The number of nitrogens with zero attached hydrogens (tertiary/aromatic N) is 4. The smallest absolute Gasteiger partial charge is 0.319 e. The van der Waals surface area contributed by atoms with Crippen LogP contribution in [0, 0.1) is 0 Å². The van der Waals surface area contributed by atoms with Gasteiger partial charge in [0.05, 0.1) is 11.7 Å². The largest absolute Gasteiger partial charge is 0.415 e. The fourth-order valence-corrected chi connectivity index (χ4v) is 3.39. The Hall–Kier alpha value is -2.38. The Kier molecular flexibility index (Phi) is 4.32. The molecule has 0 aliphatic carbocycles. The van der Waals surface area contributed by atoms with E-state index in [2.05, 4.69) is 10.3 Å². The molecule has 2 aromatic rings. The molecule has 1 saturated heterocycles. The molecule has 2 heterocycles. The molecule has 1 aliphatic rings. The lowest BCUT2D eigenvalue weighted by molar-refractivity contribution is -0.220. The van der Waals surface area contributed by atoms with Crippen molar-refractivity contribution in [2.45, 2.75) is 50.9 Å². The van der Waals surface area contributed by atoms with Crippen LogP contribution in [-0.4, -0.2) is 38.5 Å². The summed E-state index contributed by atoms with van der Waals surface area (Å²) >= 11 is 0. The van der Waals surface area contributed by atoms with Gasteiger partial charge in [-0.15, -0.1) is 5.10 Å². The predicted molar refractivity (Wildman–Crippen MR) is 89.5 cm³/mol. The van der Waals surface area contributed by atoms with Gasteiger partial charge in [-0.05, 0) is 39.2 Å². The second-order valence-electron chi connectivity index (χ2n) is 7.50. The highest BCUT2D eigenvalue weighted by Gasteiger charge is 2.63. The fourth-order valence-electron chi connectivity index (χ4n) is 3.39. The quantitative estimate of drug-likeness (QED) is 0.814. The van der Waals surface area contributed by atoms with Crippen molar-refractivity contribution >= 4 is 5.91 Å². The third-order valence-electron chi connectivity index (χ3n) is 4.75. The van der Waals surface area contributed by atoms with Gasteiger partial charge in [0, 0.05) is 6.54 Å². The first-order valence-corrected chi connectivity index (χ1v) is 8.44. The third kappa shape index (κ3) is 2.87. The number of benzene rings is 1. The molecule has 3 rings (SSSR count). The maximum absolute atomic E-state index is 14.2. The maximum atomic E-state index is 14.2. The van der Waals surface area contributed by atoms with Crippen LogP contribution in [0.5, 0.6) is 0 Å². The van der Waals surface area contributed by atoms with Crippen molar-refractivity contribution in [3.8, 4) is 0 Å². The van der Waals surface area contributed by atoms with E-state index in [1.165, 1.54) is 23.0 Å². The van der Waals surface area contributed by atoms with Gasteiger partial charge >= 0.3 is 6.18 Å². The summed E-state index contributed by atoms with van der Waals surface area (Å²) < 4.78 is 44.0. The number of carbonyl (C=O) groups is 1. The lowest BCUT2D eigenvalue weighted by Gasteiger charge is -2.40. The van der Waals surface area contributed by atoms with Crippen molar-refractivity contribution in [3.63, 3.8) is 0 Å². The lowest BCUT2D eigenvalue weighted by Crippen LogP contribution is -2.54. The molecule has 1 fully saturated rings. The maximum Gasteiger partial charge on any atom is 0.415 e. The first-order valence-electron chi connectivity index (χ1n) is 8.44. The Bertz CT molecular complexity index is 795. The highest BCUT2D eigenvalue weighted by atomic mass is 19.4. The first-order chi connectivity index (χ1) is 12.1. The molecular formula is C18H21F3N4O. The number of likely N-dealkylation sites (tertiary alicyclic amines) is 1. The van der Waals surface area contributed by atoms with Gasteiger partial charge in [0.25, 0.3) is 5.91 Å². The standard InChI is InChI=1S/C18H21F3N4O/c1-16(2,3)25-12-14(22-23-25)15(26)24-11-7-10-17(24,18(19,20)21)13-8-5-4-6-9-13/h4-6,8-9,12H,7,10-11H2,1-3H3. The fraction of sp³-hybridized carbons (Fsp3) is 0.500. The Morgan fingerprint density at radius 2 is 1.81 bits per heavy atom. The number of alkyl halides is 3. The van der Waals surface area contributed by atoms with Gasteiger partial charge < -0.3 is 4.90 Å². The van der Waals surface area contributed by atoms with Crippen molar-refractivity contribution in [2.75, 3.05) is 6.54 Å². The van der Waals surface area contributed by atoms with Crippen LogP contribution < -0.4 is 0 Å². The van der Waals surface area contributed by atoms with Crippen LogP contribution in [0.3, 0.4) is 0 Å². The van der Waals surface area contributed by atoms with E-state index in [1.54, 1.807) is 18.2 Å². The number of rotatable bonds is 2. The molecule has 1 unspecified atom stereocenters. The minimum absolute atomic E-state index is 0.0234. The van der Waals surface area contributed by atoms with Crippen molar-refractivity contribution < 1.29 is 18.0 Å². The summed E-state index contributed by atoms with van der Waals surface area (Å²) in [5.41, 5.74) is -2.76. The summed E-state index contributed by atoms with van der Waals surface area (Å²) in [7, 11) is 0. The topological polar surface area (TPSA) is 51.0 Å². The van der Waals surface area contributed by atoms with E-state index in [1.807, 2.05) is 20.8 Å². The summed E-state index contributed by atoms with van der Waals surface area (Å²) in [6.07, 6.45) is -3.08. The van der Waals surface area contributed by atoms with E-state index in [9.17, 15) is 18.0 Å². The monoisotopic (exact) mass is 366 g/mol. The number of hydrogen-bond acceptors (Lipinski definition) is 3. The number of halogens is 3. The molecule has 0 bridgehead atoms. The molecule has 0 spiro atoms. The van der Waals surface area contributed by atoms with Crippen LogP contribution in [-0.2, 0) is 11.1 Å². The van der Waals surface area contributed by atoms with Crippen LogP contribution in [0.15, 0.2) is 36.5 Å². The van der Waals surface area contributed by atoms with Crippen molar-refractivity contribution in [1.29, 1.82) is 0 Å². The van der Waals surface area contributed by atoms with Crippen LogP contribution in [0.1, 0.15) is 49.7 Å². The number of carbonyl (C=O) groups excluding carboxylic acids is 1. The molecule has 1 aliphatic heterocycles. The van der Waals surface area contributed by atoms with Gasteiger partial charge in [0.1, 0.15) is 0 Å². The molecule has 1 aromatic heterocycles. The summed E-state index contributed by atoms with van der Waals surface area (Å²) in [5.74, 6) is -0.751. The molecule has 1 aromatic carbocycles. The van der Waals surface area contributed by atoms with Crippen LogP contribution >= 0.6 is 0 Å². The van der Waals surface area contributed by atoms with E-state index in [0.29, 0.717) is 0 Å². The second kappa shape index (κ2) is 6.10. The molecule has 8 heteroatoms. The molecule has 5 nitrogen and oxygen atoms in total. The molecular weight excluding hydrogens is 345 g/mol. The van der Waals surface area contributed by atoms with E-state index in [-0.39, 0.29) is 30.6 Å². The Morgan fingerprint density at radius 3 is 2.35 bits per heavy atom. The summed E-state index contributed by atoms with van der Waals surface area (Å²) in [6.45, 7) is 5.64. The number of hydrogen-bond donors (Lipinski definition) is 0. The molecule has 0 radical (unpaired) electrons. The zero-order valence-electron chi connectivity index (χ0n) is 14.9. The van der Waals surface area contributed by atoms with Gasteiger partial charge in [0.15, 0.2) is 11.2 Å². The zero-order valence-corrected chi connectivity index (χ0v) is 14.9. The summed E-state index contributed by atoms with van der Waals surface area (Å²) in [5, 5.41) is 7.72. The minimum Gasteiger partial charge on any atom is -0.319 e. The SMILES string of the molecule is CC(C)(C)n1cc(C(=O)N2CCCC2(c2ccccc2)C(F)(F)F)nn1. The van der Waals surface area contributed by atoms with Gasteiger partial charge in [-0.1, -0.05) is 35.5 Å². The minimum atomic E-state index is -4.60. The van der Waals surface area contributed by atoms with E-state index < -0.39 is 23.2 Å². The van der Waals surface area contributed by atoms with Crippen molar-refractivity contribution in [2.24, 2.45) is 0 Å². The van der Waals surface area contributed by atoms with Gasteiger partial charge in [0.2, 0.25) is 0 Å². The van der Waals surface area contributed by atoms with Crippen LogP contribution in [0.2, 0.25) is 0 Å². The predicted octanol–water partition coefficient (Wildman–Crippen LogP) is 3.73. The van der Waals surface area contributed by atoms with Crippen LogP contribution in [0.25, 0.3) is 0 Å². The van der Waals surface area contributed by atoms with Crippen molar-refractivity contribution in [1.82, 2.24) is 19.9 Å². The molecule has 26 heavy (non-hydrogen) atoms. The molecule has 140 valence electrons. The van der Waals surface area contributed by atoms with Gasteiger partial charge in [-0.2, -0.15) is 13.2 Å². The second-order valence-corrected chi connectivity index (χ2v) is 7.50. The Morgan fingerprint density at radius 1 is 1.15 bits per heavy atom. The molecule has 1 atom stereocenters. The summed E-state index contributed by atoms with van der Waals surface area (Å²) in [4.78, 5) is 13.8. The Labute approximate surface area is 149 Å². The normalized spacial score (nSPS) is 21.2. The third-order valence-corrected chi connectivity index (χ3v) is 4.75. The first kappa shape index (κ1) is 18.4. The van der Waals surface area contributed by atoms with E-state index >= 15 is 0 Å². The lowest BCUT2D eigenvalue weighted by atomic mass is 9.86. The highest BCUT2D eigenvalue weighted by Crippen LogP contribution is 2.51. The van der Waals surface area contributed by atoms with Gasteiger partial charge in [-0.3, -0.25) is 4.79 Å². The number of amides is 1. The average Bonchev–Trinajstić information content (AvgIpc) is 3.22. The Balaban J connectivity index is 2.05.